The fraction of sp³-hybridized carbons (Fsp3) is 0.125. The van der Waals surface area contributed by atoms with E-state index in [1.807, 2.05) is 0 Å². The number of hydrogen-bond donors (Lipinski definition) is 1. The number of anilines is 1. The van der Waals surface area contributed by atoms with Crippen LogP contribution >= 0.6 is 23.2 Å². The van der Waals surface area contributed by atoms with Crippen LogP contribution in [0.5, 0.6) is 0 Å². The van der Waals surface area contributed by atoms with Crippen LogP contribution in [-0.4, -0.2) is 28.0 Å². The lowest BCUT2D eigenvalue weighted by atomic mass is 10.0. The summed E-state index contributed by atoms with van der Waals surface area (Å²) in [6.07, 6.45) is -0.475. The second kappa shape index (κ2) is 6.34. The normalized spacial score (nSPS) is 16.6. The minimum atomic E-state index is -0.767. The zero-order chi connectivity index (χ0) is 17.4. The molecule has 1 aliphatic rings. The van der Waals surface area contributed by atoms with Gasteiger partial charge in [0.25, 0.3) is 5.91 Å². The van der Waals surface area contributed by atoms with Crippen molar-refractivity contribution in [2.75, 3.05) is 5.32 Å². The van der Waals surface area contributed by atoms with E-state index in [9.17, 15) is 4.79 Å². The number of amides is 1. The number of hydrogen-bond acceptors (Lipinski definition) is 6. The van der Waals surface area contributed by atoms with Gasteiger partial charge in [-0.1, -0.05) is 40.5 Å². The number of aromatic nitrogens is 2. The number of carbonyl (C=O) groups excluding carboxylic acids is 1. The van der Waals surface area contributed by atoms with Gasteiger partial charge in [-0.25, -0.2) is 4.63 Å². The van der Waals surface area contributed by atoms with Crippen molar-refractivity contribution < 1.29 is 14.3 Å². The minimum absolute atomic E-state index is 0.292. The highest BCUT2D eigenvalue weighted by atomic mass is 35.5. The number of nitrogens with zero attached hydrogens (tertiary/aromatic N) is 3. The SMILES string of the molecule is O=C(Nc1cccc2nonc12)C1CC(c2ccc(Cl)cc2Cl)=NO1. The summed E-state index contributed by atoms with van der Waals surface area (Å²) in [4.78, 5) is 17.7. The first kappa shape index (κ1) is 15.9. The standard InChI is InChI=1S/C16H10Cl2N4O3/c17-8-4-5-9(10(18)6-8)13-7-14(24-20-13)16(23)19-11-2-1-3-12-15(11)22-25-21-12/h1-6,14H,7H2,(H,19,23). The van der Waals surface area contributed by atoms with Gasteiger partial charge in [0, 0.05) is 17.0 Å². The third-order valence-electron chi connectivity index (χ3n) is 3.75. The van der Waals surface area contributed by atoms with E-state index in [0.717, 1.165) is 0 Å². The Hall–Kier alpha value is -2.64. The Balaban J connectivity index is 1.49. The molecule has 0 saturated carbocycles. The smallest absolute Gasteiger partial charge is 0.268 e. The molecule has 1 unspecified atom stereocenters. The molecule has 0 saturated heterocycles. The van der Waals surface area contributed by atoms with Gasteiger partial charge in [0.1, 0.15) is 5.52 Å². The summed E-state index contributed by atoms with van der Waals surface area (Å²) >= 11 is 12.1. The van der Waals surface area contributed by atoms with Crippen molar-refractivity contribution in [3.63, 3.8) is 0 Å². The predicted molar refractivity (Wildman–Crippen MR) is 92.9 cm³/mol. The molecule has 2 aromatic carbocycles. The van der Waals surface area contributed by atoms with Crippen molar-refractivity contribution in [1.29, 1.82) is 0 Å². The predicted octanol–water partition coefficient (Wildman–Crippen LogP) is 3.66. The summed E-state index contributed by atoms with van der Waals surface area (Å²) in [7, 11) is 0. The highest BCUT2D eigenvalue weighted by molar-refractivity contribution is 6.37. The minimum Gasteiger partial charge on any atom is -0.382 e. The van der Waals surface area contributed by atoms with E-state index in [-0.39, 0.29) is 5.91 Å². The summed E-state index contributed by atoms with van der Waals surface area (Å²) in [5, 5.41) is 15.2. The van der Waals surface area contributed by atoms with E-state index in [1.165, 1.54) is 0 Å². The van der Waals surface area contributed by atoms with Gasteiger partial charge in [0.15, 0.2) is 5.52 Å². The summed E-state index contributed by atoms with van der Waals surface area (Å²) in [5.41, 5.74) is 2.78. The first-order valence-corrected chi connectivity index (χ1v) is 8.07. The van der Waals surface area contributed by atoms with Crippen LogP contribution in [-0.2, 0) is 9.63 Å². The topological polar surface area (TPSA) is 89.6 Å². The van der Waals surface area contributed by atoms with E-state index in [4.69, 9.17) is 28.0 Å². The van der Waals surface area contributed by atoms with Crippen molar-refractivity contribution in [2.45, 2.75) is 12.5 Å². The molecular formula is C16H10Cl2N4O3. The zero-order valence-electron chi connectivity index (χ0n) is 12.6. The number of nitrogens with one attached hydrogen (secondary N) is 1. The molecule has 3 aromatic rings. The lowest BCUT2D eigenvalue weighted by Gasteiger charge is -2.09. The monoisotopic (exact) mass is 376 g/mol. The molecule has 0 aliphatic carbocycles. The maximum atomic E-state index is 12.5. The fourth-order valence-corrected chi connectivity index (χ4v) is 3.04. The molecule has 2 heterocycles. The van der Waals surface area contributed by atoms with Gasteiger partial charge in [-0.3, -0.25) is 4.79 Å². The Kier molecular flexibility index (Phi) is 4.03. The average Bonchev–Trinajstić information content (AvgIpc) is 3.24. The van der Waals surface area contributed by atoms with Gasteiger partial charge < -0.3 is 10.2 Å². The maximum absolute atomic E-state index is 12.5. The van der Waals surface area contributed by atoms with Crippen LogP contribution in [0.2, 0.25) is 10.0 Å². The van der Waals surface area contributed by atoms with Crippen molar-refractivity contribution in [3.8, 4) is 0 Å². The van der Waals surface area contributed by atoms with Crippen LogP contribution < -0.4 is 5.32 Å². The second-order valence-corrected chi connectivity index (χ2v) is 6.23. The van der Waals surface area contributed by atoms with Gasteiger partial charge in [-0.15, -0.1) is 0 Å². The zero-order valence-corrected chi connectivity index (χ0v) is 14.1. The fourth-order valence-electron chi connectivity index (χ4n) is 2.52. The molecule has 1 atom stereocenters. The van der Waals surface area contributed by atoms with E-state index in [0.29, 0.717) is 44.5 Å². The molecule has 0 radical (unpaired) electrons. The maximum Gasteiger partial charge on any atom is 0.268 e. The quantitative estimate of drug-likeness (QED) is 0.753. The van der Waals surface area contributed by atoms with Crippen molar-refractivity contribution in [1.82, 2.24) is 10.3 Å². The largest absolute Gasteiger partial charge is 0.382 e. The summed E-state index contributed by atoms with van der Waals surface area (Å²) < 4.78 is 4.68. The molecule has 1 aromatic heterocycles. The molecule has 0 fully saturated rings. The van der Waals surface area contributed by atoms with E-state index in [2.05, 4.69) is 25.4 Å². The van der Waals surface area contributed by atoms with Gasteiger partial charge in [0.05, 0.1) is 16.4 Å². The van der Waals surface area contributed by atoms with Crippen LogP contribution in [0.4, 0.5) is 5.69 Å². The van der Waals surface area contributed by atoms with Gasteiger partial charge >= 0.3 is 0 Å². The van der Waals surface area contributed by atoms with Crippen LogP contribution in [0.3, 0.4) is 0 Å². The Morgan fingerprint density at radius 1 is 1.20 bits per heavy atom. The number of carbonyl (C=O) groups is 1. The van der Waals surface area contributed by atoms with Gasteiger partial charge in [-0.05, 0) is 34.6 Å². The molecule has 0 spiro atoms. The van der Waals surface area contributed by atoms with Gasteiger partial charge in [0.2, 0.25) is 6.10 Å². The molecule has 1 amide bonds. The highest BCUT2D eigenvalue weighted by Gasteiger charge is 2.30. The number of fused-ring (bicyclic) bond motifs is 1. The molecule has 0 bridgehead atoms. The number of rotatable bonds is 3. The van der Waals surface area contributed by atoms with Crippen LogP contribution in [0.1, 0.15) is 12.0 Å². The number of benzene rings is 2. The summed E-state index contributed by atoms with van der Waals surface area (Å²) in [6.45, 7) is 0. The molecular weight excluding hydrogens is 367 g/mol. The van der Waals surface area contributed by atoms with Crippen molar-refractivity contribution >= 4 is 51.5 Å². The van der Waals surface area contributed by atoms with Crippen LogP contribution in [0, 0.1) is 0 Å². The number of oxime groups is 1. The van der Waals surface area contributed by atoms with E-state index < -0.39 is 6.10 Å². The van der Waals surface area contributed by atoms with E-state index in [1.54, 1.807) is 36.4 Å². The highest BCUT2D eigenvalue weighted by Crippen LogP contribution is 2.27. The molecule has 1 N–H and O–H groups in total. The Morgan fingerprint density at radius 3 is 2.92 bits per heavy atom. The Bertz CT molecular complexity index is 1000. The summed E-state index contributed by atoms with van der Waals surface area (Å²) in [5.74, 6) is -0.348. The molecule has 9 heteroatoms. The number of halogens is 2. The summed E-state index contributed by atoms with van der Waals surface area (Å²) in [6, 6.07) is 10.3. The third kappa shape index (κ3) is 3.04. The first-order chi connectivity index (χ1) is 12.1. The molecule has 7 nitrogen and oxygen atoms in total. The third-order valence-corrected chi connectivity index (χ3v) is 4.30. The Labute approximate surface area is 151 Å². The van der Waals surface area contributed by atoms with Crippen LogP contribution in [0.25, 0.3) is 11.0 Å². The molecule has 1 aliphatic heterocycles. The molecule has 4 rings (SSSR count). The molecule has 25 heavy (non-hydrogen) atoms. The average molecular weight is 377 g/mol. The lowest BCUT2D eigenvalue weighted by Crippen LogP contribution is -2.28. The first-order valence-electron chi connectivity index (χ1n) is 7.32. The van der Waals surface area contributed by atoms with Gasteiger partial charge in [-0.2, -0.15) is 0 Å². The Morgan fingerprint density at radius 2 is 2.08 bits per heavy atom. The van der Waals surface area contributed by atoms with Crippen molar-refractivity contribution in [2.24, 2.45) is 5.16 Å². The van der Waals surface area contributed by atoms with Crippen LogP contribution in [0.15, 0.2) is 46.2 Å². The van der Waals surface area contributed by atoms with E-state index >= 15 is 0 Å². The lowest BCUT2D eigenvalue weighted by molar-refractivity contribution is -0.125. The van der Waals surface area contributed by atoms with Crippen molar-refractivity contribution in [3.05, 3.63) is 52.0 Å². The second-order valence-electron chi connectivity index (χ2n) is 5.39. The molecule has 126 valence electrons.